The highest BCUT2D eigenvalue weighted by atomic mass is 15.2. The molecule has 2 aliphatic heterocycles. The molecule has 4 heteroatoms. The predicted molar refractivity (Wildman–Crippen MR) is 206 cm³/mol. The lowest BCUT2D eigenvalue weighted by Crippen LogP contribution is -2.42. The Morgan fingerprint density at radius 2 is 1.18 bits per heavy atom. The normalized spacial score (nSPS) is 18.1. The number of fused-ring (bicyclic) bond motifs is 1. The van der Waals surface area contributed by atoms with E-state index in [2.05, 4.69) is 152 Å². The van der Waals surface area contributed by atoms with E-state index in [1.165, 1.54) is 49.9 Å². The third-order valence-corrected chi connectivity index (χ3v) is 11.7. The van der Waals surface area contributed by atoms with Gasteiger partial charge in [-0.1, -0.05) is 100 Å². The molecule has 4 aromatic carbocycles. The van der Waals surface area contributed by atoms with E-state index in [4.69, 9.17) is 9.97 Å². The van der Waals surface area contributed by atoms with Crippen LogP contribution < -0.4 is 4.90 Å². The van der Waals surface area contributed by atoms with Crippen molar-refractivity contribution in [1.82, 2.24) is 14.5 Å². The Kier molecular flexibility index (Phi) is 6.06. The van der Waals surface area contributed by atoms with Crippen molar-refractivity contribution in [2.45, 2.75) is 44.9 Å². The summed E-state index contributed by atoms with van der Waals surface area (Å²) in [5.41, 5.74) is 15.9. The molecule has 0 fully saturated rings. The standard InChI is InChI=1S/C46H38N4/c1-45(2)36-19-11-17-34-35-18-12-20-37-43(35)50(42(34)36)44-38(45)27-33(28-39(44)46(37,3)4)49(31-15-9-13-29(25-31)40-21-5-7-23-47-40)32-16-10-14-30(26-32)41-22-6-8-24-48-41/h5-27,39H,28H2,1-4H3. The Morgan fingerprint density at radius 3 is 1.76 bits per heavy atom. The molecule has 1 unspecified atom stereocenters. The van der Waals surface area contributed by atoms with Gasteiger partial charge in [0.25, 0.3) is 0 Å². The van der Waals surface area contributed by atoms with Crippen molar-refractivity contribution in [1.29, 1.82) is 0 Å². The van der Waals surface area contributed by atoms with E-state index in [0.717, 1.165) is 40.3 Å². The zero-order valence-corrected chi connectivity index (χ0v) is 28.9. The van der Waals surface area contributed by atoms with Gasteiger partial charge in [-0.05, 0) is 77.7 Å². The molecule has 0 radical (unpaired) electrons. The van der Waals surface area contributed by atoms with E-state index in [1.807, 2.05) is 24.5 Å². The lowest BCUT2D eigenvalue weighted by molar-refractivity contribution is 0.364. The fourth-order valence-electron chi connectivity index (χ4n) is 9.19. The van der Waals surface area contributed by atoms with Gasteiger partial charge >= 0.3 is 0 Å². The number of allylic oxidation sites excluding steroid dienone is 4. The first-order valence-electron chi connectivity index (χ1n) is 17.7. The summed E-state index contributed by atoms with van der Waals surface area (Å²) in [4.78, 5) is 11.9. The molecule has 1 atom stereocenters. The van der Waals surface area contributed by atoms with Crippen molar-refractivity contribution < 1.29 is 0 Å². The van der Waals surface area contributed by atoms with E-state index in [1.54, 1.807) is 0 Å². The lowest BCUT2D eigenvalue weighted by Gasteiger charge is -2.50. The Morgan fingerprint density at radius 1 is 0.620 bits per heavy atom. The Bertz CT molecular complexity index is 2460. The zero-order chi connectivity index (χ0) is 33.8. The average Bonchev–Trinajstić information content (AvgIpc) is 3.49. The summed E-state index contributed by atoms with van der Waals surface area (Å²) in [6.07, 6.45) is 7.18. The van der Waals surface area contributed by atoms with Gasteiger partial charge in [-0.25, -0.2) is 0 Å². The number of para-hydroxylation sites is 2. The van der Waals surface area contributed by atoms with Crippen LogP contribution in [0.5, 0.6) is 0 Å². The number of nitrogens with zero attached hydrogens (tertiary/aromatic N) is 4. The Hall–Kier alpha value is -5.74. The van der Waals surface area contributed by atoms with Crippen molar-refractivity contribution in [3.05, 3.63) is 162 Å². The van der Waals surface area contributed by atoms with Crippen LogP contribution in [0.2, 0.25) is 0 Å². The van der Waals surface area contributed by atoms with Crippen molar-refractivity contribution in [2.75, 3.05) is 4.90 Å². The highest BCUT2D eigenvalue weighted by Crippen LogP contribution is 2.60. The van der Waals surface area contributed by atoms with Gasteiger partial charge in [-0.3, -0.25) is 9.97 Å². The summed E-state index contributed by atoms with van der Waals surface area (Å²) < 4.78 is 2.66. The van der Waals surface area contributed by atoms with Crippen LogP contribution in [0.25, 0.3) is 50.0 Å². The van der Waals surface area contributed by atoms with Crippen LogP contribution in [-0.2, 0) is 10.8 Å². The van der Waals surface area contributed by atoms with Gasteiger partial charge in [0.05, 0.1) is 22.4 Å². The number of hydrogen-bond acceptors (Lipinski definition) is 3. The van der Waals surface area contributed by atoms with Gasteiger partial charge < -0.3 is 9.47 Å². The number of hydrogen-bond donors (Lipinski definition) is 0. The van der Waals surface area contributed by atoms with E-state index >= 15 is 0 Å². The molecule has 0 saturated carbocycles. The van der Waals surface area contributed by atoms with Crippen LogP contribution in [0.4, 0.5) is 11.4 Å². The maximum Gasteiger partial charge on any atom is 0.0702 e. The fourth-order valence-corrected chi connectivity index (χ4v) is 9.19. The van der Waals surface area contributed by atoms with Crippen molar-refractivity contribution in [2.24, 2.45) is 5.92 Å². The molecule has 4 nitrogen and oxygen atoms in total. The summed E-state index contributed by atoms with van der Waals surface area (Å²) in [5, 5.41) is 2.73. The summed E-state index contributed by atoms with van der Waals surface area (Å²) >= 11 is 0. The largest absolute Gasteiger partial charge is 0.314 e. The van der Waals surface area contributed by atoms with Gasteiger partial charge in [0.2, 0.25) is 0 Å². The zero-order valence-electron chi connectivity index (χ0n) is 28.9. The number of pyridine rings is 2. The first kappa shape index (κ1) is 29.2. The molecular formula is C46H38N4. The SMILES string of the molecule is CC1(C)C2=C3C(CC(N(c4cccc(-c5ccccn5)c4)c4cccc(-c5ccccn5)c4)=C2)C(C)(C)c2cccc4c5cccc1c5n3c24. The quantitative estimate of drug-likeness (QED) is 0.187. The minimum atomic E-state index is -0.187. The molecule has 3 aromatic heterocycles. The van der Waals surface area contributed by atoms with Gasteiger partial charge in [-0.2, -0.15) is 0 Å². The molecule has 0 amide bonds. The molecule has 50 heavy (non-hydrogen) atoms. The van der Waals surface area contributed by atoms with E-state index in [9.17, 15) is 0 Å². The van der Waals surface area contributed by atoms with Gasteiger partial charge in [0, 0.05) is 73.8 Å². The van der Waals surface area contributed by atoms with Crippen LogP contribution in [-0.4, -0.2) is 14.5 Å². The van der Waals surface area contributed by atoms with Crippen molar-refractivity contribution in [3.8, 4) is 22.5 Å². The first-order chi connectivity index (χ1) is 24.3. The number of rotatable bonds is 5. The molecule has 0 saturated heterocycles. The monoisotopic (exact) mass is 646 g/mol. The van der Waals surface area contributed by atoms with Gasteiger partial charge in [-0.15, -0.1) is 0 Å². The predicted octanol–water partition coefficient (Wildman–Crippen LogP) is 11.5. The van der Waals surface area contributed by atoms with E-state index < -0.39 is 0 Å². The molecular weight excluding hydrogens is 609 g/mol. The van der Waals surface area contributed by atoms with Crippen LogP contribution in [0, 0.1) is 5.92 Å². The molecule has 5 heterocycles. The molecule has 0 spiro atoms. The van der Waals surface area contributed by atoms with E-state index in [0.29, 0.717) is 0 Å². The highest BCUT2D eigenvalue weighted by molar-refractivity contribution is 6.14. The molecule has 0 N–H and O–H groups in total. The maximum absolute atomic E-state index is 4.71. The second kappa shape index (κ2) is 10.4. The highest BCUT2D eigenvalue weighted by Gasteiger charge is 2.49. The number of benzene rings is 4. The van der Waals surface area contributed by atoms with Crippen LogP contribution in [0.15, 0.2) is 151 Å². The molecule has 0 bridgehead atoms. The summed E-state index contributed by atoms with van der Waals surface area (Å²) in [5.74, 6) is 0.277. The topological polar surface area (TPSA) is 34.0 Å². The first-order valence-corrected chi connectivity index (χ1v) is 17.7. The average molecular weight is 647 g/mol. The smallest absolute Gasteiger partial charge is 0.0702 e. The molecule has 10 rings (SSSR count). The van der Waals surface area contributed by atoms with E-state index in [-0.39, 0.29) is 16.7 Å². The third kappa shape index (κ3) is 3.99. The number of anilines is 2. The molecule has 7 aromatic rings. The van der Waals surface area contributed by atoms with Gasteiger partial charge in [0.15, 0.2) is 0 Å². The molecule has 242 valence electrons. The minimum absolute atomic E-state index is 0.0884. The summed E-state index contributed by atoms with van der Waals surface area (Å²) in [6.45, 7) is 9.80. The van der Waals surface area contributed by atoms with Crippen molar-refractivity contribution in [3.63, 3.8) is 0 Å². The Balaban J connectivity index is 1.24. The van der Waals surface area contributed by atoms with Crippen LogP contribution in [0.1, 0.15) is 45.2 Å². The second-order valence-corrected chi connectivity index (χ2v) is 15.1. The maximum atomic E-state index is 4.71. The minimum Gasteiger partial charge on any atom is -0.314 e. The van der Waals surface area contributed by atoms with Crippen LogP contribution >= 0.6 is 0 Å². The molecule has 3 aliphatic rings. The Labute approximate surface area is 293 Å². The molecule has 1 aliphatic carbocycles. The van der Waals surface area contributed by atoms with Gasteiger partial charge in [0.1, 0.15) is 0 Å². The lowest BCUT2D eigenvalue weighted by atomic mass is 9.61. The van der Waals surface area contributed by atoms with Crippen molar-refractivity contribution >= 4 is 38.9 Å². The number of aromatic nitrogens is 3. The fraction of sp³-hybridized carbons (Fsp3) is 0.174. The second-order valence-electron chi connectivity index (χ2n) is 15.1. The summed E-state index contributed by atoms with van der Waals surface area (Å²) in [7, 11) is 0. The third-order valence-electron chi connectivity index (χ3n) is 11.7. The summed E-state index contributed by atoms with van der Waals surface area (Å²) in [6, 6.07) is 43.9. The van der Waals surface area contributed by atoms with Crippen LogP contribution in [0.3, 0.4) is 0 Å².